The molecule has 90 valence electrons. The number of rotatable bonds is 3. The van der Waals surface area contributed by atoms with E-state index in [9.17, 15) is 22.7 Å². The zero-order valence-corrected chi connectivity index (χ0v) is 8.48. The van der Waals surface area contributed by atoms with E-state index in [0.29, 0.717) is 12.1 Å². The van der Waals surface area contributed by atoms with Crippen molar-refractivity contribution in [3.8, 4) is 0 Å². The Bertz CT molecular complexity index is 364. The molecule has 1 aromatic rings. The van der Waals surface area contributed by atoms with Crippen LogP contribution in [-0.4, -0.2) is 18.7 Å². The fourth-order valence-corrected chi connectivity index (χ4v) is 1.28. The van der Waals surface area contributed by atoms with Gasteiger partial charge in [-0.1, -0.05) is 6.07 Å². The molecule has 1 unspecified atom stereocenters. The summed E-state index contributed by atoms with van der Waals surface area (Å²) in [4.78, 5) is 0. The Morgan fingerprint density at radius 1 is 1.38 bits per heavy atom. The van der Waals surface area contributed by atoms with E-state index in [1.807, 2.05) is 0 Å². The van der Waals surface area contributed by atoms with Crippen molar-refractivity contribution in [3.05, 3.63) is 35.1 Å². The number of alkyl halides is 3. The van der Waals surface area contributed by atoms with E-state index < -0.39 is 23.7 Å². The lowest BCUT2D eigenvalue weighted by molar-refractivity contribution is -0.140. The largest absolute Gasteiger partial charge is 0.419 e. The number of benzene rings is 1. The van der Waals surface area contributed by atoms with Gasteiger partial charge in [0.05, 0.1) is 11.7 Å². The molecule has 2 nitrogen and oxygen atoms in total. The number of likely N-dealkylation sites (N-methyl/N-ethyl adjacent to an activating group) is 1. The highest BCUT2D eigenvalue weighted by Gasteiger charge is 2.34. The molecule has 1 rings (SSSR count). The second kappa shape index (κ2) is 4.80. The third-order valence-corrected chi connectivity index (χ3v) is 2.08. The predicted molar refractivity (Wildman–Crippen MR) is 50.3 cm³/mol. The van der Waals surface area contributed by atoms with Crippen molar-refractivity contribution in [2.24, 2.45) is 0 Å². The van der Waals surface area contributed by atoms with Crippen LogP contribution < -0.4 is 5.32 Å². The maximum Gasteiger partial charge on any atom is 0.419 e. The van der Waals surface area contributed by atoms with E-state index in [-0.39, 0.29) is 12.1 Å². The second-order valence-corrected chi connectivity index (χ2v) is 3.31. The average Bonchev–Trinajstić information content (AvgIpc) is 2.16. The summed E-state index contributed by atoms with van der Waals surface area (Å²) in [6, 6.07) is 2.46. The highest BCUT2D eigenvalue weighted by Crippen LogP contribution is 2.32. The molecule has 0 aliphatic rings. The summed E-state index contributed by atoms with van der Waals surface area (Å²) >= 11 is 0. The molecule has 0 bridgehead atoms. The van der Waals surface area contributed by atoms with Gasteiger partial charge < -0.3 is 10.4 Å². The van der Waals surface area contributed by atoms with Gasteiger partial charge in [0.2, 0.25) is 0 Å². The molecule has 2 N–H and O–H groups in total. The van der Waals surface area contributed by atoms with Crippen molar-refractivity contribution in [2.45, 2.75) is 12.3 Å². The van der Waals surface area contributed by atoms with Crippen molar-refractivity contribution in [2.75, 3.05) is 13.6 Å². The van der Waals surface area contributed by atoms with Crippen molar-refractivity contribution < 1.29 is 22.7 Å². The van der Waals surface area contributed by atoms with Gasteiger partial charge in [0, 0.05) is 6.54 Å². The van der Waals surface area contributed by atoms with Crippen molar-refractivity contribution in [1.29, 1.82) is 0 Å². The second-order valence-electron chi connectivity index (χ2n) is 3.31. The summed E-state index contributed by atoms with van der Waals surface area (Å²) < 4.78 is 49.9. The first-order valence-corrected chi connectivity index (χ1v) is 4.55. The van der Waals surface area contributed by atoms with Crippen LogP contribution in [0.15, 0.2) is 18.2 Å². The van der Waals surface area contributed by atoms with Gasteiger partial charge in [-0.05, 0) is 24.7 Å². The molecular formula is C10H11F4NO. The monoisotopic (exact) mass is 237 g/mol. The molecular weight excluding hydrogens is 226 g/mol. The molecule has 0 aromatic heterocycles. The van der Waals surface area contributed by atoms with E-state index in [4.69, 9.17) is 0 Å². The number of aliphatic hydroxyl groups is 1. The van der Waals surface area contributed by atoms with Crippen LogP contribution >= 0.6 is 0 Å². The van der Waals surface area contributed by atoms with Crippen molar-refractivity contribution in [1.82, 2.24) is 5.32 Å². The lowest BCUT2D eigenvalue weighted by Gasteiger charge is -2.13. The Hall–Kier alpha value is -1.14. The molecule has 1 aromatic carbocycles. The molecule has 0 radical (unpaired) electrons. The van der Waals surface area contributed by atoms with Crippen LogP contribution in [-0.2, 0) is 6.18 Å². The van der Waals surface area contributed by atoms with Gasteiger partial charge in [0.1, 0.15) is 5.82 Å². The first kappa shape index (κ1) is 12.9. The van der Waals surface area contributed by atoms with Crippen molar-refractivity contribution >= 4 is 0 Å². The smallest absolute Gasteiger partial charge is 0.387 e. The molecule has 0 spiro atoms. The lowest BCUT2D eigenvalue weighted by atomic mass is 10.1. The van der Waals surface area contributed by atoms with Crippen LogP contribution in [0.2, 0.25) is 0 Å². The Morgan fingerprint density at radius 2 is 2.00 bits per heavy atom. The maximum atomic E-state index is 12.9. The van der Waals surface area contributed by atoms with E-state index >= 15 is 0 Å². The maximum absolute atomic E-state index is 12.9. The fraction of sp³-hybridized carbons (Fsp3) is 0.400. The molecule has 0 fully saturated rings. The molecule has 16 heavy (non-hydrogen) atoms. The predicted octanol–water partition coefficient (Wildman–Crippen LogP) is 2.10. The summed E-state index contributed by atoms with van der Waals surface area (Å²) in [5.41, 5.74) is -1.33. The van der Waals surface area contributed by atoms with Crippen LogP contribution in [0.1, 0.15) is 17.2 Å². The Morgan fingerprint density at radius 3 is 2.50 bits per heavy atom. The third kappa shape index (κ3) is 2.93. The van der Waals surface area contributed by atoms with Crippen molar-refractivity contribution in [3.63, 3.8) is 0 Å². The minimum Gasteiger partial charge on any atom is -0.387 e. The number of nitrogens with one attached hydrogen (secondary N) is 1. The van der Waals surface area contributed by atoms with Gasteiger partial charge >= 0.3 is 6.18 Å². The fourth-order valence-electron chi connectivity index (χ4n) is 1.28. The molecule has 0 amide bonds. The van der Waals surface area contributed by atoms with Gasteiger partial charge in [0.25, 0.3) is 0 Å². The summed E-state index contributed by atoms with van der Waals surface area (Å²) in [6.45, 7) is 0.100. The third-order valence-electron chi connectivity index (χ3n) is 2.08. The minimum absolute atomic E-state index is 0.0306. The molecule has 0 aliphatic heterocycles. The Labute approximate surface area is 89.9 Å². The topological polar surface area (TPSA) is 32.3 Å². The van der Waals surface area contributed by atoms with Gasteiger partial charge in [-0.3, -0.25) is 0 Å². The quantitative estimate of drug-likeness (QED) is 0.789. The first-order chi connectivity index (χ1) is 7.36. The summed E-state index contributed by atoms with van der Waals surface area (Å²) in [6.07, 6.45) is -5.84. The van der Waals surface area contributed by atoms with E-state index in [1.165, 1.54) is 0 Å². The van der Waals surface area contributed by atoms with Crippen LogP contribution in [0.4, 0.5) is 17.6 Å². The molecule has 6 heteroatoms. The van der Waals surface area contributed by atoms with E-state index in [1.54, 1.807) is 7.05 Å². The normalized spacial score (nSPS) is 13.9. The number of halogens is 4. The molecule has 0 saturated carbocycles. The van der Waals surface area contributed by atoms with Crippen LogP contribution in [0, 0.1) is 5.82 Å². The van der Waals surface area contributed by atoms with Gasteiger partial charge in [-0.25, -0.2) is 4.39 Å². The molecule has 1 atom stereocenters. The Balaban J connectivity index is 3.07. The van der Waals surface area contributed by atoms with E-state index in [2.05, 4.69) is 5.32 Å². The summed E-state index contributed by atoms with van der Waals surface area (Å²) in [5, 5.41) is 12.1. The number of hydrogen-bond donors (Lipinski definition) is 2. The number of aliphatic hydroxyl groups excluding tert-OH is 1. The van der Waals surface area contributed by atoms with Crippen LogP contribution in [0.5, 0.6) is 0 Å². The van der Waals surface area contributed by atoms with Crippen LogP contribution in [0.3, 0.4) is 0 Å². The highest BCUT2D eigenvalue weighted by molar-refractivity contribution is 5.28. The summed E-state index contributed by atoms with van der Waals surface area (Å²) in [5.74, 6) is -1.34. The lowest BCUT2D eigenvalue weighted by Crippen LogP contribution is -2.18. The van der Waals surface area contributed by atoms with E-state index in [0.717, 1.165) is 6.07 Å². The zero-order chi connectivity index (χ0) is 12.3. The Kier molecular flexibility index (Phi) is 3.88. The summed E-state index contributed by atoms with van der Waals surface area (Å²) in [7, 11) is 1.55. The van der Waals surface area contributed by atoms with Gasteiger partial charge in [-0.15, -0.1) is 0 Å². The molecule has 0 aliphatic carbocycles. The molecule has 0 heterocycles. The zero-order valence-electron chi connectivity index (χ0n) is 8.48. The standard InChI is InChI=1S/C10H11F4NO/c1-15-5-9(16)6-2-3-8(11)7(4-6)10(12,13)14/h2-4,9,15-16H,5H2,1H3. The van der Waals surface area contributed by atoms with Gasteiger partial charge in [-0.2, -0.15) is 13.2 Å². The molecule has 0 saturated heterocycles. The first-order valence-electron chi connectivity index (χ1n) is 4.55. The van der Waals surface area contributed by atoms with Crippen LogP contribution in [0.25, 0.3) is 0 Å². The highest BCUT2D eigenvalue weighted by atomic mass is 19.4. The SMILES string of the molecule is CNCC(O)c1ccc(F)c(C(F)(F)F)c1. The van der Waals surface area contributed by atoms with Gasteiger partial charge in [0.15, 0.2) is 0 Å². The minimum atomic E-state index is -4.75. The number of hydrogen-bond acceptors (Lipinski definition) is 2. The average molecular weight is 237 g/mol.